The molecule has 0 unspecified atom stereocenters. The van der Waals surface area contributed by atoms with Gasteiger partial charge < -0.3 is 10.2 Å². The number of carbonyl (C=O) groups is 2. The normalized spacial score (nSPS) is 11.6. The molecule has 4 nitrogen and oxygen atoms in total. The summed E-state index contributed by atoms with van der Waals surface area (Å²) in [6.07, 6.45) is 0.709. The quantitative estimate of drug-likeness (QED) is 0.452. The highest BCUT2D eigenvalue weighted by Gasteiger charge is 2.30. The molecule has 0 aliphatic heterocycles. The van der Waals surface area contributed by atoms with Crippen molar-refractivity contribution < 1.29 is 9.59 Å². The monoisotopic (exact) mass is 492 g/mol. The van der Waals surface area contributed by atoms with Gasteiger partial charge in [0.15, 0.2) is 0 Å². The van der Waals surface area contributed by atoms with Gasteiger partial charge in [0.05, 0.1) is 6.42 Å². The molecule has 0 heterocycles. The molecule has 3 aromatic rings. The van der Waals surface area contributed by atoms with Crippen molar-refractivity contribution >= 4 is 27.7 Å². The molecular weight excluding hydrogens is 464 g/mol. The molecule has 166 valence electrons. The molecule has 3 aromatic carbocycles. The number of carbonyl (C=O) groups excluding carboxylic acids is 2. The summed E-state index contributed by atoms with van der Waals surface area (Å²) in [5.41, 5.74) is 4.05. The van der Waals surface area contributed by atoms with Crippen LogP contribution < -0.4 is 5.32 Å². The molecule has 5 heteroatoms. The zero-order valence-corrected chi connectivity index (χ0v) is 20.1. The molecule has 3 rings (SSSR count). The van der Waals surface area contributed by atoms with Crippen LogP contribution in [0.3, 0.4) is 0 Å². The fourth-order valence-electron chi connectivity index (χ4n) is 3.78. The second-order valence-electron chi connectivity index (χ2n) is 7.92. The van der Waals surface area contributed by atoms with Crippen LogP contribution in [0.5, 0.6) is 0 Å². The number of aryl methyl sites for hydroxylation is 1. The maximum atomic E-state index is 13.6. The van der Waals surface area contributed by atoms with E-state index in [2.05, 4.69) is 21.2 Å². The van der Waals surface area contributed by atoms with Crippen molar-refractivity contribution in [3.63, 3.8) is 0 Å². The zero-order valence-electron chi connectivity index (χ0n) is 18.6. The highest BCUT2D eigenvalue weighted by Crippen LogP contribution is 2.19. The average Bonchev–Trinajstić information content (AvgIpc) is 2.77. The molecule has 2 amide bonds. The van der Waals surface area contributed by atoms with Crippen LogP contribution in [-0.4, -0.2) is 29.3 Å². The van der Waals surface area contributed by atoms with E-state index in [1.165, 1.54) is 0 Å². The van der Waals surface area contributed by atoms with E-state index in [9.17, 15) is 9.59 Å². The highest BCUT2D eigenvalue weighted by molar-refractivity contribution is 9.10. The maximum Gasteiger partial charge on any atom is 0.243 e. The van der Waals surface area contributed by atoms with E-state index in [0.29, 0.717) is 19.5 Å². The lowest BCUT2D eigenvalue weighted by molar-refractivity contribution is -0.140. The first kappa shape index (κ1) is 23.7. The third-order valence-corrected chi connectivity index (χ3v) is 5.80. The standard InChI is InChI=1S/C27H29BrN2O2/c1-3-29-27(32)25(17-21-10-5-4-6-11-21)30(19-23-13-8-14-24(28)16-23)26(31)18-22-12-7-9-20(2)15-22/h4-16,25H,3,17-19H2,1-2H3,(H,29,32)/t25-/m1/s1. The third-order valence-electron chi connectivity index (χ3n) is 5.30. The van der Waals surface area contributed by atoms with Crippen molar-refractivity contribution in [2.45, 2.75) is 39.3 Å². The minimum atomic E-state index is -0.603. The lowest BCUT2D eigenvalue weighted by atomic mass is 10.0. The summed E-state index contributed by atoms with van der Waals surface area (Å²) >= 11 is 3.51. The number of nitrogens with zero attached hydrogens (tertiary/aromatic N) is 1. The zero-order chi connectivity index (χ0) is 22.9. The van der Waals surface area contributed by atoms with Crippen molar-refractivity contribution in [1.29, 1.82) is 0 Å². The van der Waals surface area contributed by atoms with E-state index in [4.69, 9.17) is 0 Å². The average molecular weight is 493 g/mol. The van der Waals surface area contributed by atoms with Gasteiger partial charge in [-0.1, -0.05) is 88.2 Å². The van der Waals surface area contributed by atoms with Crippen LogP contribution in [0.1, 0.15) is 29.2 Å². The van der Waals surface area contributed by atoms with Crippen molar-refractivity contribution in [1.82, 2.24) is 10.2 Å². The smallest absolute Gasteiger partial charge is 0.243 e. The Morgan fingerprint density at radius 2 is 1.59 bits per heavy atom. The first-order chi connectivity index (χ1) is 15.5. The Hall–Kier alpha value is -2.92. The largest absolute Gasteiger partial charge is 0.355 e. The van der Waals surface area contributed by atoms with Crippen LogP contribution in [0.2, 0.25) is 0 Å². The van der Waals surface area contributed by atoms with Crippen molar-refractivity contribution in [3.05, 3.63) is 106 Å². The fourth-order valence-corrected chi connectivity index (χ4v) is 4.22. The van der Waals surface area contributed by atoms with Gasteiger partial charge in [-0.25, -0.2) is 0 Å². The highest BCUT2D eigenvalue weighted by atomic mass is 79.9. The molecule has 0 saturated carbocycles. The maximum absolute atomic E-state index is 13.6. The molecular formula is C27H29BrN2O2. The molecule has 0 bridgehead atoms. The minimum absolute atomic E-state index is 0.0669. The first-order valence-corrected chi connectivity index (χ1v) is 11.7. The van der Waals surface area contributed by atoms with Crippen LogP contribution in [0.4, 0.5) is 0 Å². The van der Waals surface area contributed by atoms with Gasteiger partial charge in [-0.15, -0.1) is 0 Å². The van der Waals surface area contributed by atoms with Crippen molar-refractivity contribution in [2.75, 3.05) is 6.54 Å². The van der Waals surface area contributed by atoms with Crippen LogP contribution in [0, 0.1) is 6.92 Å². The Kier molecular flexibility index (Phi) is 8.63. The predicted octanol–water partition coefficient (Wildman–Crippen LogP) is 5.08. The summed E-state index contributed by atoms with van der Waals surface area (Å²) in [6.45, 7) is 4.78. The molecule has 0 fully saturated rings. The van der Waals surface area contributed by atoms with E-state index in [-0.39, 0.29) is 18.2 Å². The van der Waals surface area contributed by atoms with Crippen LogP contribution in [0.15, 0.2) is 83.3 Å². The number of rotatable bonds is 9. The van der Waals surface area contributed by atoms with Gasteiger partial charge in [-0.3, -0.25) is 9.59 Å². The van der Waals surface area contributed by atoms with E-state index in [1.54, 1.807) is 4.90 Å². The molecule has 0 aromatic heterocycles. The number of likely N-dealkylation sites (N-methyl/N-ethyl adjacent to an activating group) is 1. The van der Waals surface area contributed by atoms with E-state index < -0.39 is 6.04 Å². The molecule has 32 heavy (non-hydrogen) atoms. The van der Waals surface area contributed by atoms with Gasteiger partial charge in [-0.05, 0) is 42.7 Å². The topological polar surface area (TPSA) is 49.4 Å². The molecule has 1 N–H and O–H groups in total. The van der Waals surface area contributed by atoms with E-state index in [1.807, 2.05) is 92.7 Å². The second-order valence-corrected chi connectivity index (χ2v) is 8.83. The van der Waals surface area contributed by atoms with Gasteiger partial charge in [-0.2, -0.15) is 0 Å². The van der Waals surface area contributed by atoms with Crippen molar-refractivity contribution in [3.8, 4) is 0 Å². The van der Waals surface area contributed by atoms with Gasteiger partial charge in [0, 0.05) is 24.0 Å². The predicted molar refractivity (Wildman–Crippen MR) is 132 cm³/mol. The number of hydrogen-bond acceptors (Lipinski definition) is 2. The number of amides is 2. The fraction of sp³-hybridized carbons (Fsp3) is 0.259. The number of benzene rings is 3. The summed E-state index contributed by atoms with van der Waals surface area (Å²) in [7, 11) is 0. The molecule has 1 atom stereocenters. The molecule has 0 aliphatic carbocycles. The number of hydrogen-bond donors (Lipinski definition) is 1. The summed E-state index contributed by atoms with van der Waals surface area (Å²) in [6, 6.07) is 25.1. The van der Waals surface area contributed by atoms with Crippen LogP contribution >= 0.6 is 15.9 Å². The molecule has 0 spiro atoms. The first-order valence-electron chi connectivity index (χ1n) is 10.9. The Labute approximate surface area is 198 Å². The van der Waals surface area contributed by atoms with Gasteiger partial charge >= 0.3 is 0 Å². The summed E-state index contributed by atoms with van der Waals surface area (Å²) < 4.78 is 0.943. The summed E-state index contributed by atoms with van der Waals surface area (Å²) in [5, 5.41) is 2.93. The summed E-state index contributed by atoms with van der Waals surface area (Å²) in [5.74, 6) is -0.202. The molecule has 0 aliphatic rings. The molecule has 0 radical (unpaired) electrons. The van der Waals surface area contributed by atoms with E-state index in [0.717, 1.165) is 26.7 Å². The number of nitrogens with one attached hydrogen (secondary N) is 1. The minimum Gasteiger partial charge on any atom is -0.355 e. The van der Waals surface area contributed by atoms with Gasteiger partial charge in [0.25, 0.3) is 0 Å². The Morgan fingerprint density at radius 1 is 0.906 bits per heavy atom. The van der Waals surface area contributed by atoms with Gasteiger partial charge in [0.2, 0.25) is 11.8 Å². The lowest BCUT2D eigenvalue weighted by Crippen LogP contribution is -2.50. The van der Waals surface area contributed by atoms with Gasteiger partial charge in [0.1, 0.15) is 6.04 Å². The SMILES string of the molecule is CCNC(=O)[C@@H](Cc1ccccc1)N(Cc1cccc(Br)c1)C(=O)Cc1cccc(C)c1. The second kappa shape index (κ2) is 11.6. The van der Waals surface area contributed by atoms with Crippen LogP contribution in [-0.2, 0) is 29.0 Å². The van der Waals surface area contributed by atoms with E-state index >= 15 is 0 Å². The van der Waals surface area contributed by atoms with Crippen molar-refractivity contribution in [2.24, 2.45) is 0 Å². The lowest BCUT2D eigenvalue weighted by Gasteiger charge is -2.31. The Balaban J connectivity index is 1.95. The third kappa shape index (κ3) is 6.79. The number of halogens is 1. The van der Waals surface area contributed by atoms with Crippen LogP contribution in [0.25, 0.3) is 0 Å². The molecule has 0 saturated heterocycles. The Bertz CT molecular complexity index is 1050. The summed E-state index contributed by atoms with van der Waals surface area (Å²) in [4.78, 5) is 28.5. The Morgan fingerprint density at radius 3 is 2.28 bits per heavy atom.